The minimum absolute atomic E-state index is 0.203. The molecule has 1 N–H and O–H groups in total. The van der Waals surface area contributed by atoms with Crippen molar-refractivity contribution >= 4 is 38.6 Å². The maximum atomic E-state index is 13.1. The molecule has 6 nitrogen and oxygen atoms in total. The smallest absolute Gasteiger partial charge is 0.265 e. The van der Waals surface area contributed by atoms with E-state index >= 15 is 0 Å². The van der Waals surface area contributed by atoms with E-state index < -0.39 is 10.0 Å². The van der Waals surface area contributed by atoms with E-state index in [4.69, 9.17) is 4.74 Å². The van der Waals surface area contributed by atoms with Crippen molar-refractivity contribution in [1.82, 2.24) is 0 Å². The predicted molar refractivity (Wildman–Crippen MR) is 110 cm³/mol. The van der Waals surface area contributed by atoms with Crippen LogP contribution in [0.1, 0.15) is 15.2 Å². The highest BCUT2D eigenvalue weighted by molar-refractivity contribution is 7.92. The first kappa shape index (κ1) is 18.5. The summed E-state index contributed by atoms with van der Waals surface area (Å²) < 4.78 is 32.7. The summed E-state index contributed by atoms with van der Waals surface area (Å²) in [4.78, 5) is 13.1. The minimum Gasteiger partial charge on any atom is -0.497 e. The molecule has 1 aliphatic rings. The van der Waals surface area contributed by atoms with E-state index in [1.807, 2.05) is 17.5 Å². The number of carbonyl (C=O) groups excluding carboxylic acids is 1. The highest BCUT2D eigenvalue weighted by atomic mass is 32.2. The fraction of sp³-hybridized carbons (Fsp3) is 0.150. The Morgan fingerprint density at radius 3 is 2.61 bits per heavy atom. The maximum Gasteiger partial charge on any atom is 0.265 e. The second kappa shape index (κ2) is 7.29. The van der Waals surface area contributed by atoms with Crippen molar-refractivity contribution in [3.8, 4) is 5.75 Å². The van der Waals surface area contributed by atoms with Crippen LogP contribution in [0.25, 0.3) is 0 Å². The molecule has 0 saturated carbocycles. The number of rotatable bonds is 5. The average molecular weight is 415 g/mol. The number of nitrogens with one attached hydrogen (secondary N) is 1. The number of hydrogen-bond acceptors (Lipinski definition) is 5. The molecule has 0 radical (unpaired) electrons. The number of hydrogen-bond donors (Lipinski definition) is 1. The zero-order valence-corrected chi connectivity index (χ0v) is 16.7. The molecule has 0 aliphatic carbocycles. The number of carbonyl (C=O) groups is 1. The summed E-state index contributed by atoms with van der Waals surface area (Å²) in [5.41, 5.74) is 2.10. The topological polar surface area (TPSA) is 75.7 Å². The lowest BCUT2D eigenvalue weighted by atomic mass is 10.1. The van der Waals surface area contributed by atoms with Crippen LogP contribution < -0.4 is 14.4 Å². The van der Waals surface area contributed by atoms with Gasteiger partial charge in [0.1, 0.15) is 5.75 Å². The number of fused-ring (bicyclic) bond motifs is 1. The number of amides is 1. The summed E-state index contributed by atoms with van der Waals surface area (Å²) in [6, 6.07) is 15.3. The molecule has 0 atom stereocenters. The van der Waals surface area contributed by atoms with Crippen molar-refractivity contribution in [2.24, 2.45) is 0 Å². The molecule has 0 saturated heterocycles. The van der Waals surface area contributed by atoms with Gasteiger partial charge in [-0.1, -0.05) is 12.1 Å². The Hall–Kier alpha value is -2.84. The van der Waals surface area contributed by atoms with Gasteiger partial charge in [-0.15, -0.1) is 11.3 Å². The summed E-state index contributed by atoms with van der Waals surface area (Å²) in [6.07, 6.45) is 0.629. The molecule has 2 aromatic carbocycles. The molecule has 1 aliphatic heterocycles. The fourth-order valence-corrected chi connectivity index (χ4v) is 5.27. The zero-order chi connectivity index (χ0) is 19.7. The van der Waals surface area contributed by atoms with E-state index in [2.05, 4.69) is 5.32 Å². The first-order valence-electron chi connectivity index (χ1n) is 8.63. The van der Waals surface area contributed by atoms with Crippen LogP contribution in [0.2, 0.25) is 0 Å². The van der Waals surface area contributed by atoms with Gasteiger partial charge in [-0.3, -0.25) is 9.10 Å². The second-order valence-corrected chi connectivity index (χ2v) is 9.09. The van der Waals surface area contributed by atoms with Crippen molar-refractivity contribution in [1.29, 1.82) is 0 Å². The number of thiophene rings is 1. The van der Waals surface area contributed by atoms with Crippen LogP contribution in [0.15, 0.2) is 64.9 Å². The standard InChI is InChI=1S/C20H18N2O4S2/c1-26-16-6-8-17(9-7-16)28(24,25)22-11-10-14-4-5-15(13-18(14)22)21-20(23)19-3-2-12-27-19/h2-9,12-13H,10-11H2,1H3,(H,21,23). The van der Waals surface area contributed by atoms with Crippen molar-refractivity contribution in [3.63, 3.8) is 0 Å². The largest absolute Gasteiger partial charge is 0.497 e. The van der Waals surface area contributed by atoms with Crippen LogP contribution in [-0.4, -0.2) is 28.0 Å². The molecular formula is C20H18N2O4S2. The molecule has 144 valence electrons. The molecule has 1 aromatic heterocycles. The highest BCUT2D eigenvalue weighted by Gasteiger charge is 2.31. The van der Waals surface area contributed by atoms with Gasteiger partial charge in [0.05, 0.1) is 22.6 Å². The predicted octanol–water partition coefficient (Wildman–Crippen LogP) is 3.76. The monoisotopic (exact) mass is 414 g/mol. The molecule has 28 heavy (non-hydrogen) atoms. The van der Waals surface area contributed by atoms with Gasteiger partial charge in [-0.25, -0.2) is 8.42 Å². The van der Waals surface area contributed by atoms with Crippen molar-refractivity contribution < 1.29 is 17.9 Å². The van der Waals surface area contributed by atoms with E-state index in [9.17, 15) is 13.2 Å². The fourth-order valence-electron chi connectivity index (χ4n) is 3.15. The molecule has 2 heterocycles. The van der Waals surface area contributed by atoms with Gasteiger partial charge in [-0.05, 0) is 59.8 Å². The second-order valence-electron chi connectivity index (χ2n) is 6.28. The van der Waals surface area contributed by atoms with Gasteiger partial charge >= 0.3 is 0 Å². The lowest BCUT2D eigenvalue weighted by Gasteiger charge is -2.20. The number of methoxy groups -OCH3 is 1. The third-order valence-electron chi connectivity index (χ3n) is 4.59. The molecule has 8 heteroatoms. The Bertz CT molecular complexity index is 1110. The lowest BCUT2D eigenvalue weighted by Crippen LogP contribution is -2.29. The van der Waals surface area contributed by atoms with Crippen molar-refractivity contribution in [3.05, 3.63) is 70.4 Å². The molecule has 3 aromatic rings. The zero-order valence-electron chi connectivity index (χ0n) is 15.1. The SMILES string of the molecule is COc1ccc(S(=O)(=O)N2CCc3ccc(NC(=O)c4cccs4)cc32)cc1. The van der Waals surface area contributed by atoms with Crippen LogP contribution in [0, 0.1) is 0 Å². The van der Waals surface area contributed by atoms with Crippen molar-refractivity contribution in [2.45, 2.75) is 11.3 Å². The Morgan fingerprint density at radius 1 is 1.14 bits per heavy atom. The first-order valence-corrected chi connectivity index (χ1v) is 11.0. The normalized spacial score (nSPS) is 13.2. The van der Waals surface area contributed by atoms with Gasteiger partial charge < -0.3 is 10.1 Å². The Labute approximate surface area is 167 Å². The molecule has 4 rings (SSSR count). The third-order valence-corrected chi connectivity index (χ3v) is 7.28. The Kier molecular flexibility index (Phi) is 4.82. The molecule has 0 unspecified atom stereocenters. The number of anilines is 2. The Balaban J connectivity index is 1.63. The number of nitrogens with zero attached hydrogens (tertiary/aromatic N) is 1. The molecule has 0 spiro atoms. The van der Waals surface area contributed by atoms with Crippen LogP contribution >= 0.6 is 11.3 Å². The summed E-state index contributed by atoms with van der Waals surface area (Å²) in [6.45, 7) is 0.367. The van der Waals surface area contributed by atoms with Crippen molar-refractivity contribution in [2.75, 3.05) is 23.3 Å². The first-order chi connectivity index (χ1) is 13.5. The van der Waals surface area contributed by atoms with E-state index in [0.29, 0.717) is 35.0 Å². The van der Waals surface area contributed by atoms with Crippen LogP contribution in [0.3, 0.4) is 0 Å². The number of ether oxygens (including phenoxy) is 1. The molecule has 0 fully saturated rings. The van der Waals surface area contributed by atoms with Crippen LogP contribution in [0.5, 0.6) is 5.75 Å². The molecule has 1 amide bonds. The summed E-state index contributed by atoms with van der Waals surface area (Å²) in [5.74, 6) is 0.386. The van der Waals surface area contributed by atoms with Crippen LogP contribution in [0.4, 0.5) is 11.4 Å². The summed E-state index contributed by atoms with van der Waals surface area (Å²) in [5, 5.41) is 4.67. The summed E-state index contributed by atoms with van der Waals surface area (Å²) in [7, 11) is -2.16. The highest BCUT2D eigenvalue weighted by Crippen LogP contribution is 2.35. The van der Waals surface area contributed by atoms with E-state index in [0.717, 1.165) is 5.56 Å². The van der Waals surface area contributed by atoms with Gasteiger partial charge in [0, 0.05) is 12.2 Å². The minimum atomic E-state index is -3.70. The average Bonchev–Trinajstić information content (AvgIpc) is 3.38. The summed E-state index contributed by atoms with van der Waals surface area (Å²) >= 11 is 1.35. The quantitative estimate of drug-likeness (QED) is 0.690. The Morgan fingerprint density at radius 2 is 1.93 bits per heavy atom. The number of sulfonamides is 1. The molecular weight excluding hydrogens is 396 g/mol. The van der Waals surface area contributed by atoms with E-state index in [-0.39, 0.29) is 10.8 Å². The van der Waals surface area contributed by atoms with E-state index in [1.54, 1.807) is 30.3 Å². The number of benzene rings is 2. The van der Waals surface area contributed by atoms with Crippen LogP contribution in [-0.2, 0) is 16.4 Å². The van der Waals surface area contributed by atoms with E-state index in [1.165, 1.54) is 34.9 Å². The molecule has 0 bridgehead atoms. The van der Waals surface area contributed by atoms with Gasteiger partial charge in [0.25, 0.3) is 15.9 Å². The van der Waals surface area contributed by atoms with Gasteiger partial charge in [0.15, 0.2) is 0 Å². The third kappa shape index (κ3) is 3.36. The van der Waals surface area contributed by atoms with Gasteiger partial charge in [-0.2, -0.15) is 0 Å². The maximum absolute atomic E-state index is 13.1. The lowest BCUT2D eigenvalue weighted by molar-refractivity contribution is 0.103. The van der Waals surface area contributed by atoms with Gasteiger partial charge in [0.2, 0.25) is 0 Å².